The molecular weight excluding hydrogens is 262 g/mol. The maximum atomic E-state index is 5.86. The lowest BCUT2D eigenvalue weighted by Crippen LogP contribution is -2.35. The minimum atomic E-state index is 0.458. The number of hydrogen-bond acceptors (Lipinski definition) is 4. The molecule has 0 unspecified atom stereocenters. The molecule has 0 bridgehead atoms. The minimum absolute atomic E-state index is 0.458. The van der Waals surface area contributed by atoms with Gasteiger partial charge in [-0.2, -0.15) is 0 Å². The van der Waals surface area contributed by atoms with Gasteiger partial charge in [-0.25, -0.2) is 5.01 Å². The average molecular weight is 281 g/mol. The van der Waals surface area contributed by atoms with Gasteiger partial charge in [0.25, 0.3) is 0 Å². The Balaban J connectivity index is 2.23. The first-order valence-corrected chi connectivity index (χ1v) is 7.84. The fourth-order valence-corrected chi connectivity index (χ4v) is 3.15. The first kappa shape index (κ1) is 13.6. The van der Waals surface area contributed by atoms with Crippen molar-refractivity contribution in [3.63, 3.8) is 0 Å². The second-order valence-electron chi connectivity index (χ2n) is 4.41. The number of hydrogen-bond donors (Lipinski definition) is 2. The smallest absolute Gasteiger partial charge is 0.107 e. The molecule has 2 rings (SSSR count). The Hall–Kier alpha value is -0.780. The van der Waals surface area contributed by atoms with E-state index in [0.29, 0.717) is 4.99 Å². The molecule has 1 heterocycles. The molecule has 1 fully saturated rings. The van der Waals surface area contributed by atoms with Crippen LogP contribution in [0.15, 0.2) is 23.1 Å². The van der Waals surface area contributed by atoms with Crippen LogP contribution in [-0.4, -0.2) is 29.3 Å². The topological polar surface area (TPSA) is 41.3 Å². The van der Waals surface area contributed by atoms with Gasteiger partial charge in [0, 0.05) is 23.5 Å². The maximum absolute atomic E-state index is 5.86. The number of nitrogens with two attached hydrogens (primary N) is 1. The lowest BCUT2D eigenvalue weighted by atomic mass is 10.1. The van der Waals surface area contributed by atoms with Crippen LogP contribution >= 0.6 is 24.0 Å². The van der Waals surface area contributed by atoms with E-state index in [2.05, 4.69) is 16.5 Å². The van der Waals surface area contributed by atoms with E-state index in [-0.39, 0.29) is 0 Å². The molecular formula is C13H19N3S2. The summed E-state index contributed by atoms with van der Waals surface area (Å²) in [7, 11) is 0. The Morgan fingerprint density at radius 3 is 2.67 bits per heavy atom. The number of benzene rings is 1. The van der Waals surface area contributed by atoms with Crippen molar-refractivity contribution < 1.29 is 0 Å². The van der Waals surface area contributed by atoms with Crippen molar-refractivity contribution in [2.45, 2.75) is 24.2 Å². The number of anilines is 1. The summed E-state index contributed by atoms with van der Waals surface area (Å²) in [5.41, 5.74) is 11.3. The molecule has 1 aromatic rings. The van der Waals surface area contributed by atoms with Crippen molar-refractivity contribution in [3.05, 3.63) is 23.8 Å². The van der Waals surface area contributed by atoms with E-state index in [1.165, 1.54) is 19.3 Å². The second kappa shape index (κ2) is 6.41. The summed E-state index contributed by atoms with van der Waals surface area (Å²) in [6, 6.07) is 6.14. The van der Waals surface area contributed by atoms with Crippen LogP contribution in [0.4, 0.5) is 5.69 Å². The van der Waals surface area contributed by atoms with Gasteiger partial charge in [-0.3, -0.25) is 0 Å². The van der Waals surface area contributed by atoms with Crippen LogP contribution in [0.2, 0.25) is 0 Å². The summed E-state index contributed by atoms with van der Waals surface area (Å²) in [6.07, 6.45) is 5.86. The van der Waals surface area contributed by atoms with Crippen LogP contribution in [0.3, 0.4) is 0 Å². The van der Waals surface area contributed by atoms with E-state index in [9.17, 15) is 0 Å². The molecule has 0 spiro atoms. The Morgan fingerprint density at radius 1 is 1.33 bits per heavy atom. The van der Waals surface area contributed by atoms with Crippen LogP contribution in [0.1, 0.15) is 24.8 Å². The summed E-state index contributed by atoms with van der Waals surface area (Å²) in [5.74, 6) is 0. The van der Waals surface area contributed by atoms with Gasteiger partial charge in [-0.1, -0.05) is 24.7 Å². The average Bonchev–Trinajstić information content (AvgIpc) is 2.39. The predicted octanol–water partition coefficient (Wildman–Crippen LogP) is 2.86. The van der Waals surface area contributed by atoms with Gasteiger partial charge in [0.05, 0.1) is 5.69 Å². The van der Waals surface area contributed by atoms with Crippen molar-refractivity contribution in [1.82, 2.24) is 5.01 Å². The van der Waals surface area contributed by atoms with Gasteiger partial charge < -0.3 is 11.2 Å². The van der Waals surface area contributed by atoms with Crippen LogP contribution in [0.25, 0.3) is 0 Å². The fourth-order valence-electron chi connectivity index (χ4n) is 2.22. The zero-order valence-electron chi connectivity index (χ0n) is 10.6. The molecule has 0 amide bonds. The zero-order valence-corrected chi connectivity index (χ0v) is 12.2. The van der Waals surface area contributed by atoms with Crippen LogP contribution in [-0.2, 0) is 0 Å². The van der Waals surface area contributed by atoms with E-state index in [4.69, 9.17) is 18.0 Å². The molecule has 1 saturated heterocycles. The molecule has 3 nitrogen and oxygen atoms in total. The summed E-state index contributed by atoms with van der Waals surface area (Å²) in [6.45, 7) is 2.17. The van der Waals surface area contributed by atoms with E-state index >= 15 is 0 Å². The predicted molar refractivity (Wildman–Crippen MR) is 83.2 cm³/mol. The highest BCUT2D eigenvalue weighted by molar-refractivity contribution is 7.98. The van der Waals surface area contributed by atoms with Crippen molar-refractivity contribution in [2.75, 3.05) is 24.8 Å². The Kier molecular flexibility index (Phi) is 4.86. The quantitative estimate of drug-likeness (QED) is 0.656. The van der Waals surface area contributed by atoms with E-state index < -0.39 is 0 Å². The number of thiocarbonyl (C=S) groups is 1. The highest BCUT2D eigenvalue weighted by atomic mass is 32.2. The normalized spacial score (nSPS) is 16.5. The summed E-state index contributed by atoms with van der Waals surface area (Å²) >= 11 is 6.85. The monoisotopic (exact) mass is 281 g/mol. The summed E-state index contributed by atoms with van der Waals surface area (Å²) < 4.78 is 0. The van der Waals surface area contributed by atoms with E-state index in [1.807, 2.05) is 18.4 Å². The maximum Gasteiger partial charge on any atom is 0.107 e. The standard InChI is InChI=1S/C13H19N3S2/c1-18-11-7-5-6-10(12(11)13(14)17)15-16-8-3-2-4-9-16/h5-7,15H,2-4,8-9H2,1H3,(H2,14,17). The molecule has 0 saturated carbocycles. The second-order valence-corrected chi connectivity index (χ2v) is 5.69. The zero-order chi connectivity index (χ0) is 13.0. The van der Waals surface area contributed by atoms with Crippen molar-refractivity contribution >= 4 is 34.7 Å². The number of piperidine rings is 1. The molecule has 0 atom stereocenters. The van der Waals surface area contributed by atoms with Gasteiger partial charge in [0.1, 0.15) is 4.99 Å². The number of hydrazine groups is 1. The lowest BCUT2D eigenvalue weighted by Gasteiger charge is -2.29. The highest BCUT2D eigenvalue weighted by Crippen LogP contribution is 2.27. The molecule has 0 aromatic heterocycles. The number of nitrogens with zero attached hydrogens (tertiary/aromatic N) is 1. The number of rotatable bonds is 4. The van der Waals surface area contributed by atoms with Gasteiger partial charge in [0.15, 0.2) is 0 Å². The third-order valence-electron chi connectivity index (χ3n) is 3.13. The highest BCUT2D eigenvalue weighted by Gasteiger charge is 2.14. The third kappa shape index (κ3) is 3.16. The molecule has 98 valence electrons. The lowest BCUT2D eigenvalue weighted by molar-refractivity contribution is 0.273. The first-order valence-electron chi connectivity index (χ1n) is 6.21. The van der Waals surface area contributed by atoms with Gasteiger partial charge in [0.2, 0.25) is 0 Å². The van der Waals surface area contributed by atoms with Crippen molar-refractivity contribution in [1.29, 1.82) is 0 Å². The van der Waals surface area contributed by atoms with Crippen LogP contribution < -0.4 is 11.2 Å². The Labute approximate surface area is 118 Å². The van der Waals surface area contributed by atoms with Crippen molar-refractivity contribution in [3.8, 4) is 0 Å². The van der Waals surface area contributed by atoms with Crippen molar-refractivity contribution in [2.24, 2.45) is 5.73 Å². The van der Waals surface area contributed by atoms with Gasteiger partial charge in [-0.05, 0) is 31.2 Å². The molecule has 3 N–H and O–H groups in total. The fraction of sp³-hybridized carbons (Fsp3) is 0.462. The summed E-state index contributed by atoms with van der Waals surface area (Å²) in [5, 5.41) is 2.25. The van der Waals surface area contributed by atoms with Gasteiger partial charge in [-0.15, -0.1) is 11.8 Å². The molecule has 1 aromatic carbocycles. The molecule has 0 aliphatic carbocycles. The largest absolute Gasteiger partial charge is 0.389 e. The van der Waals surface area contributed by atoms with E-state index in [0.717, 1.165) is 29.2 Å². The Bertz CT molecular complexity index is 428. The summed E-state index contributed by atoms with van der Waals surface area (Å²) in [4.78, 5) is 1.59. The molecule has 18 heavy (non-hydrogen) atoms. The number of thioether (sulfide) groups is 1. The Morgan fingerprint density at radius 2 is 2.06 bits per heavy atom. The molecule has 1 aliphatic rings. The molecule has 1 aliphatic heterocycles. The number of nitrogens with one attached hydrogen (secondary N) is 1. The molecule has 5 heteroatoms. The minimum Gasteiger partial charge on any atom is -0.389 e. The van der Waals surface area contributed by atoms with Gasteiger partial charge >= 0.3 is 0 Å². The first-order chi connectivity index (χ1) is 8.72. The third-order valence-corrected chi connectivity index (χ3v) is 4.11. The molecule has 0 radical (unpaired) electrons. The van der Waals surface area contributed by atoms with Crippen LogP contribution in [0, 0.1) is 0 Å². The SMILES string of the molecule is CSc1cccc(NN2CCCCC2)c1C(N)=S. The van der Waals surface area contributed by atoms with Crippen LogP contribution in [0.5, 0.6) is 0 Å². The van der Waals surface area contributed by atoms with E-state index in [1.54, 1.807) is 11.8 Å².